The average molecular weight is 309 g/mol. The van der Waals surface area contributed by atoms with Gasteiger partial charge in [-0.15, -0.1) is 0 Å². The van der Waals surface area contributed by atoms with Crippen molar-refractivity contribution >= 4 is 5.91 Å². The number of amides is 1. The van der Waals surface area contributed by atoms with Gasteiger partial charge in [0.05, 0.1) is 11.4 Å². The van der Waals surface area contributed by atoms with Gasteiger partial charge in [-0.1, -0.05) is 30.3 Å². The van der Waals surface area contributed by atoms with Crippen LogP contribution in [0.1, 0.15) is 36.7 Å². The molecule has 4 heteroatoms. The van der Waals surface area contributed by atoms with E-state index in [-0.39, 0.29) is 5.91 Å². The van der Waals surface area contributed by atoms with Crippen molar-refractivity contribution < 1.29 is 4.79 Å². The van der Waals surface area contributed by atoms with E-state index in [2.05, 4.69) is 34.5 Å². The smallest absolute Gasteiger partial charge is 0.219 e. The first kappa shape index (κ1) is 15.7. The van der Waals surface area contributed by atoms with Gasteiger partial charge in [-0.05, 0) is 42.9 Å². The van der Waals surface area contributed by atoms with Crippen LogP contribution in [0.5, 0.6) is 0 Å². The van der Waals surface area contributed by atoms with Gasteiger partial charge in [0.1, 0.15) is 0 Å². The van der Waals surface area contributed by atoms with Crippen molar-refractivity contribution in [3.8, 4) is 0 Å². The standard InChI is InChI=1S/C19H23N3O/c1-15(23)22-11-5-8-17(14-22)13-19-10-9-18(20-21-19)12-16-6-3-2-4-7-16/h2-4,6-7,9-10,17H,5,8,11-14H2,1H3/t17-/m0/s1. The number of nitrogens with zero attached hydrogens (tertiary/aromatic N) is 3. The van der Waals surface area contributed by atoms with Crippen molar-refractivity contribution in [3.63, 3.8) is 0 Å². The molecule has 1 aliphatic rings. The molecule has 1 atom stereocenters. The summed E-state index contributed by atoms with van der Waals surface area (Å²) in [5.74, 6) is 0.681. The second-order valence-electron chi connectivity index (χ2n) is 6.36. The van der Waals surface area contributed by atoms with Gasteiger partial charge >= 0.3 is 0 Å². The number of rotatable bonds is 4. The fourth-order valence-corrected chi connectivity index (χ4v) is 3.21. The molecular formula is C19H23N3O. The third-order valence-electron chi connectivity index (χ3n) is 4.47. The first-order valence-electron chi connectivity index (χ1n) is 8.31. The van der Waals surface area contributed by atoms with E-state index in [1.54, 1.807) is 6.92 Å². The minimum Gasteiger partial charge on any atom is -0.343 e. The molecule has 2 heterocycles. The second kappa shape index (κ2) is 7.36. The fourth-order valence-electron chi connectivity index (χ4n) is 3.21. The van der Waals surface area contributed by atoms with E-state index in [0.29, 0.717) is 5.92 Å². The third-order valence-corrected chi connectivity index (χ3v) is 4.47. The summed E-state index contributed by atoms with van der Waals surface area (Å²) in [6.07, 6.45) is 3.97. The highest BCUT2D eigenvalue weighted by Crippen LogP contribution is 2.20. The largest absolute Gasteiger partial charge is 0.343 e. The molecule has 0 N–H and O–H groups in total. The van der Waals surface area contributed by atoms with Crippen LogP contribution in [0.2, 0.25) is 0 Å². The maximum atomic E-state index is 11.5. The molecule has 3 rings (SSSR count). The molecule has 2 aromatic rings. The zero-order chi connectivity index (χ0) is 16.1. The van der Waals surface area contributed by atoms with Crippen LogP contribution in [0.25, 0.3) is 0 Å². The van der Waals surface area contributed by atoms with E-state index in [4.69, 9.17) is 0 Å². The van der Waals surface area contributed by atoms with Crippen LogP contribution >= 0.6 is 0 Å². The SMILES string of the molecule is CC(=O)N1CCC[C@@H](Cc2ccc(Cc3ccccc3)nn2)C1. The number of likely N-dealkylation sites (tertiary alicyclic amines) is 1. The Bertz CT molecular complexity index is 639. The van der Waals surface area contributed by atoms with Crippen molar-refractivity contribution in [1.82, 2.24) is 15.1 Å². The Labute approximate surface area is 137 Å². The first-order valence-corrected chi connectivity index (χ1v) is 8.31. The first-order chi connectivity index (χ1) is 11.2. The molecule has 23 heavy (non-hydrogen) atoms. The molecule has 120 valence electrons. The lowest BCUT2D eigenvalue weighted by molar-refractivity contribution is -0.130. The van der Waals surface area contributed by atoms with E-state index in [9.17, 15) is 4.79 Å². The van der Waals surface area contributed by atoms with Crippen molar-refractivity contribution in [2.24, 2.45) is 5.92 Å². The zero-order valence-electron chi connectivity index (χ0n) is 13.6. The van der Waals surface area contributed by atoms with Gasteiger partial charge in [0, 0.05) is 26.4 Å². The lowest BCUT2D eigenvalue weighted by atomic mass is 9.93. The van der Waals surface area contributed by atoms with Gasteiger partial charge in [-0.2, -0.15) is 10.2 Å². The van der Waals surface area contributed by atoms with E-state index in [1.807, 2.05) is 23.1 Å². The average Bonchev–Trinajstić information content (AvgIpc) is 2.58. The van der Waals surface area contributed by atoms with Crippen LogP contribution in [-0.2, 0) is 17.6 Å². The van der Waals surface area contributed by atoms with E-state index >= 15 is 0 Å². The molecule has 1 aromatic carbocycles. The molecule has 0 spiro atoms. The van der Waals surface area contributed by atoms with Crippen LogP contribution < -0.4 is 0 Å². The van der Waals surface area contributed by atoms with E-state index in [1.165, 1.54) is 5.56 Å². The number of aromatic nitrogens is 2. The van der Waals surface area contributed by atoms with Gasteiger partial charge in [0.25, 0.3) is 0 Å². The van der Waals surface area contributed by atoms with Crippen LogP contribution in [0, 0.1) is 5.92 Å². The van der Waals surface area contributed by atoms with Gasteiger partial charge in [-0.25, -0.2) is 0 Å². The number of hydrogen-bond donors (Lipinski definition) is 0. The topological polar surface area (TPSA) is 46.1 Å². The predicted molar refractivity (Wildman–Crippen MR) is 90.0 cm³/mol. The maximum absolute atomic E-state index is 11.5. The predicted octanol–water partition coefficient (Wildman–Crippen LogP) is 2.87. The summed E-state index contributed by atoms with van der Waals surface area (Å²) in [6, 6.07) is 14.5. The number of hydrogen-bond acceptors (Lipinski definition) is 3. The monoisotopic (exact) mass is 309 g/mol. The van der Waals surface area contributed by atoms with Crippen molar-refractivity contribution in [2.75, 3.05) is 13.1 Å². The molecule has 0 unspecified atom stereocenters. The fraction of sp³-hybridized carbons (Fsp3) is 0.421. The summed E-state index contributed by atoms with van der Waals surface area (Å²) in [7, 11) is 0. The minimum absolute atomic E-state index is 0.180. The van der Waals surface area contributed by atoms with Crippen LogP contribution in [0.4, 0.5) is 0 Å². The molecule has 0 saturated carbocycles. The highest BCUT2D eigenvalue weighted by molar-refractivity contribution is 5.73. The number of carbonyl (C=O) groups excluding carboxylic acids is 1. The van der Waals surface area contributed by atoms with E-state index in [0.717, 1.165) is 50.2 Å². The summed E-state index contributed by atoms with van der Waals surface area (Å²) in [5, 5.41) is 8.75. The Morgan fingerprint density at radius 2 is 1.87 bits per heavy atom. The lowest BCUT2D eigenvalue weighted by Gasteiger charge is -2.31. The molecule has 1 aliphatic heterocycles. The quantitative estimate of drug-likeness (QED) is 0.872. The number of benzene rings is 1. The summed E-state index contributed by atoms with van der Waals surface area (Å²) in [5.41, 5.74) is 3.27. The Hall–Kier alpha value is -2.23. The number of piperidine rings is 1. The Morgan fingerprint density at radius 1 is 1.13 bits per heavy atom. The van der Waals surface area contributed by atoms with Crippen LogP contribution in [0.15, 0.2) is 42.5 Å². The van der Waals surface area contributed by atoms with Crippen molar-refractivity contribution in [3.05, 3.63) is 59.4 Å². The van der Waals surface area contributed by atoms with Gasteiger partial charge in [0.2, 0.25) is 5.91 Å². The molecule has 0 radical (unpaired) electrons. The summed E-state index contributed by atoms with van der Waals surface area (Å²) in [4.78, 5) is 13.5. The Kier molecular flexibility index (Phi) is 5.01. The summed E-state index contributed by atoms with van der Waals surface area (Å²) >= 11 is 0. The van der Waals surface area contributed by atoms with E-state index < -0.39 is 0 Å². The molecule has 1 aromatic heterocycles. The van der Waals surface area contributed by atoms with Gasteiger partial charge in [0.15, 0.2) is 0 Å². The zero-order valence-corrected chi connectivity index (χ0v) is 13.6. The summed E-state index contributed by atoms with van der Waals surface area (Å²) in [6.45, 7) is 3.40. The summed E-state index contributed by atoms with van der Waals surface area (Å²) < 4.78 is 0. The molecule has 1 saturated heterocycles. The van der Waals surface area contributed by atoms with Crippen molar-refractivity contribution in [2.45, 2.75) is 32.6 Å². The minimum atomic E-state index is 0.180. The lowest BCUT2D eigenvalue weighted by Crippen LogP contribution is -2.39. The van der Waals surface area contributed by atoms with Gasteiger partial charge < -0.3 is 4.90 Å². The normalized spacial score (nSPS) is 18.0. The molecular weight excluding hydrogens is 286 g/mol. The number of carbonyl (C=O) groups is 1. The Morgan fingerprint density at radius 3 is 2.57 bits per heavy atom. The third kappa shape index (κ3) is 4.38. The molecule has 0 bridgehead atoms. The highest BCUT2D eigenvalue weighted by Gasteiger charge is 2.22. The molecule has 4 nitrogen and oxygen atoms in total. The highest BCUT2D eigenvalue weighted by atomic mass is 16.2. The van der Waals surface area contributed by atoms with Crippen LogP contribution in [-0.4, -0.2) is 34.1 Å². The second-order valence-corrected chi connectivity index (χ2v) is 6.36. The molecule has 0 aliphatic carbocycles. The molecule has 1 amide bonds. The maximum Gasteiger partial charge on any atom is 0.219 e. The van der Waals surface area contributed by atoms with Crippen LogP contribution in [0.3, 0.4) is 0 Å². The van der Waals surface area contributed by atoms with Crippen molar-refractivity contribution in [1.29, 1.82) is 0 Å². The Balaban J connectivity index is 1.58. The molecule has 1 fully saturated rings. The van der Waals surface area contributed by atoms with Gasteiger partial charge in [-0.3, -0.25) is 4.79 Å².